The summed E-state index contributed by atoms with van der Waals surface area (Å²) in [6, 6.07) is 13.1. The molecule has 29 heavy (non-hydrogen) atoms. The van der Waals surface area contributed by atoms with Gasteiger partial charge in [-0.2, -0.15) is 0 Å². The van der Waals surface area contributed by atoms with E-state index in [0.717, 1.165) is 0 Å². The van der Waals surface area contributed by atoms with Gasteiger partial charge in [-0.25, -0.2) is 17.2 Å². The molecule has 3 aromatic rings. The maximum Gasteiger partial charge on any atom is 0.407 e. The van der Waals surface area contributed by atoms with E-state index in [1.807, 2.05) is 0 Å². The predicted octanol–water partition coefficient (Wildman–Crippen LogP) is 5.32. The molecule has 0 saturated heterocycles. The highest BCUT2D eigenvalue weighted by Crippen LogP contribution is 2.32. The Hall–Kier alpha value is -2.03. The van der Waals surface area contributed by atoms with Crippen LogP contribution in [-0.2, 0) is 21.3 Å². The molecule has 2 aromatic carbocycles. The monoisotopic (exact) mass is 498 g/mol. The molecular formula is C20H20BrClN2O4S. The number of rotatable bonds is 4. The summed E-state index contributed by atoms with van der Waals surface area (Å²) in [4.78, 5) is 12.2. The molecule has 0 unspecified atom stereocenters. The van der Waals surface area contributed by atoms with E-state index in [1.54, 1.807) is 57.2 Å². The molecule has 0 saturated carbocycles. The average molecular weight is 500 g/mol. The van der Waals surface area contributed by atoms with Crippen molar-refractivity contribution in [2.45, 2.75) is 37.8 Å². The molecule has 6 nitrogen and oxygen atoms in total. The highest BCUT2D eigenvalue weighted by Gasteiger charge is 2.24. The Morgan fingerprint density at radius 1 is 1.17 bits per heavy atom. The van der Waals surface area contributed by atoms with Crippen molar-refractivity contribution in [3.8, 4) is 0 Å². The van der Waals surface area contributed by atoms with E-state index in [2.05, 4.69) is 21.2 Å². The third kappa shape index (κ3) is 4.76. The standard InChI is InChI=1S/C20H20BrClN2O4S/c1-20(2,3)28-19(25)23-12-14-9-13-10-17(22)16(21)11-18(13)24(14)29(26,27)15-7-5-4-6-8-15/h4-11H,12H2,1-3H3,(H,23,25). The van der Waals surface area contributed by atoms with Crippen LogP contribution in [-0.4, -0.2) is 24.1 Å². The van der Waals surface area contributed by atoms with Crippen molar-refractivity contribution < 1.29 is 17.9 Å². The van der Waals surface area contributed by atoms with Crippen molar-refractivity contribution in [2.24, 2.45) is 0 Å². The molecule has 1 heterocycles. The number of nitrogens with one attached hydrogen (secondary N) is 1. The van der Waals surface area contributed by atoms with Gasteiger partial charge in [0.15, 0.2) is 0 Å². The van der Waals surface area contributed by atoms with Gasteiger partial charge in [-0.1, -0.05) is 29.8 Å². The number of amides is 1. The number of nitrogens with zero attached hydrogens (tertiary/aromatic N) is 1. The summed E-state index contributed by atoms with van der Waals surface area (Å²) in [5.41, 5.74) is 0.167. The maximum atomic E-state index is 13.4. The fraction of sp³-hybridized carbons (Fsp3) is 0.250. The normalized spacial score (nSPS) is 12.2. The summed E-state index contributed by atoms with van der Waals surface area (Å²) >= 11 is 9.53. The van der Waals surface area contributed by atoms with Gasteiger partial charge in [0.05, 0.1) is 27.7 Å². The second-order valence-electron chi connectivity index (χ2n) is 7.40. The average Bonchev–Trinajstić information content (AvgIpc) is 2.97. The van der Waals surface area contributed by atoms with Gasteiger partial charge in [0, 0.05) is 9.86 Å². The van der Waals surface area contributed by atoms with Gasteiger partial charge in [-0.05, 0) is 67.0 Å². The number of hydrogen-bond donors (Lipinski definition) is 1. The number of aromatic nitrogens is 1. The first kappa shape index (κ1) is 21.7. The van der Waals surface area contributed by atoms with Crippen LogP contribution in [0.15, 0.2) is 57.9 Å². The van der Waals surface area contributed by atoms with Crippen LogP contribution >= 0.6 is 27.5 Å². The summed E-state index contributed by atoms with van der Waals surface area (Å²) < 4.78 is 33.8. The number of fused-ring (bicyclic) bond motifs is 1. The molecule has 0 aliphatic carbocycles. The van der Waals surface area contributed by atoms with E-state index in [4.69, 9.17) is 16.3 Å². The van der Waals surface area contributed by atoms with Crippen LogP contribution in [0.1, 0.15) is 26.5 Å². The van der Waals surface area contributed by atoms with Crippen molar-refractivity contribution in [1.82, 2.24) is 9.29 Å². The lowest BCUT2D eigenvalue weighted by atomic mass is 10.2. The molecule has 3 rings (SSSR count). The number of benzene rings is 2. The third-order valence-electron chi connectivity index (χ3n) is 3.97. The quantitative estimate of drug-likeness (QED) is 0.527. The first-order valence-corrected chi connectivity index (χ1v) is 11.4. The van der Waals surface area contributed by atoms with E-state index in [1.165, 1.54) is 16.1 Å². The minimum absolute atomic E-state index is 0.0368. The van der Waals surface area contributed by atoms with Gasteiger partial charge in [-0.3, -0.25) is 0 Å². The fourth-order valence-corrected chi connectivity index (χ4v) is 4.88. The smallest absolute Gasteiger partial charge is 0.407 e. The Balaban J connectivity index is 2.10. The molecule has 0 aliphatic heterocycles. The van der Waals surface area contributed by atoms with E-state index >= 15 is 0 Å². The molecule has 0 fully saturated rings. The molecule has 0 radical (unpaired) electrons. The molecule has 0 atom stereocenters. The van der Waals surface area contributed by atoms with Crippen LogP contribution in [0.2, 0.25) is 5.02 Å². The van der Waals surface area contributed by atoms with Crippen molar-refractivity contribution >= 4 is 54.6 Å². The zero-order valence-electron chi connectivity index (χ0n) is 16.1. The first-order valence-electron chi connectivity index (χ1n) is 8.76. The Morgan fingerprint density at radius 3 is 2.45 bits per heavy atom. The Morgan fingerprint density at radius 2 is 1.83 bits per heavy atom. The van der Waals surface area contributed by atoms with Crippen LogP contribution in [0, 0.1) is 0 Å². The van der Waals surface area contributed by atoms with Gasteiger partial charge < -0.3 is 10.1 Å². The Bertz CT molecular complexity index is 1170. The van der Waals surface area contributed by atoms with Gasteiger partial charge in [0.2, 0.25) is 0 Å². The van der Waals surface area contributed by atoms with Crippen LogP contribution in [0.4, 0.5) is 4.79 Å². The topological polar surface area (TPSA) is 77.4 Å². The van der Waals surface area contributed by atoms with Crippen molar-refractivity contribution in [2.75, 3.05) is 0 Å². The molecule has 1 amide bonds. The van der Waals surface area contributed by atoms with Crippen LogP contribution in [0.5, 0.6) is 0 Å². The number of halogens is 2. The number of carbonyl (C=O) groups is 1. The molecule has 0 aliphatic rings. The van der Waals surface area contributed by atoms with E-state index < -0.39 is 21.7 Å². The van der Waals surface area contributed by atoms with E-state index in [0.29, 0.717) is 26.1 Å². The summed E-state index contributed by atoms with van der Waals surface area (Å²) in [5, 5.41) is 3.71. The minimum Gasteiger partial charge on any atom is -0.444 e. The lowest BCUT2D eigenvalue weighted by molar-refractivity contribution is 0.0522. The third-order valence-corrected chi connectivity index (χ3v) is 6.94. The SMILES string of the molecule is CC(C)(C)OC(=O)NCc1cc2cc(Cl)c(Br)cc2n1S(=O)(=O)c1ccccc1. The van der Waals surface area contributed by atoms with Crippen molar-refractivity contribution in [3.05, 3.63) is 63.7 Å². The summed E-state index contributed by atoms with van der Waals surface area (Å²) in [6.07, 6.45) is -0.634. The Kier molecular flexibility index (Phi) is 5.98. The summed E-state index contributed by atoms with van der Waals surface area (Å²) in [5.74, 6) is 0. The van der Waals surface area contributed by atoms with Gasteiger partial charge >= 0.3 is 6.09 Å². The molecule has 9 heteroatoms. The van der Waals surface area contributed by atoms with Gasteiger partial charge in [0.1, 0.15) is 5.60 Å². The van der Waals surface area contributed by atoms with Crippen molar-refractivity contribution in [3.63, 3.8) is 0 Å². The highest BCUT2D eigenvalue weighted by molar-refractivity contribution is 9.10. The van der Waals surface area contributed by atoms with Crippen LogP contribution in [0.25, 0.3) is 10.9 Å². The highest BCUT2D eigenvalue weighted by atomic mass is 79.9. The van der Waals surface area contributed by atoms with Crippen LogP contribution < -0.4 is 5.32 Å². The van der Waals surface area contributed by atoms with Crippen molar-refractivity contribution in [1.29, 1.82) is 0 Å². The lowest BCUT2D eigenvalue weighted by Gasteiger charge is -2.20. The number of hydrogen-bond acceptors (Lipinski definition) is 4. The zero-order valence-corrected chi connectivity index (χ0v) is 19.2. The summed E-state index contributed by atoms with van der Waals surface area (Å²) in [7, 11) is -3.90. The molecule has 154 valence electrons. The van der Waals surface area contributed by atoms with Gasteiger partial charge in [0.25, 0.3) is 10.0 Å². The van der Waals surface area contributed by atoms with Gasteiger partial charge in [-0.15, -0.1) is 0 Å². The molecule has 1 N–H and O–H groups in total. The fourth-order valence-electron chi connectivity index (χ4n) is 2.82. The molecule has 0 bridgehead atoms. The molecule has 1 aromatic heterocycles. The minimum atomic E-state index is -3.90. The zero-order chi connectivity index (χ0) is 21.4. The lowest BCUT2D eigenvalue weighted by Crippen LogP contribution is -2.33. The van der Waals surface area contributed by atoms with E-state index in [-0.39, 0.29) is 11.4 Å². The van der Waals surface area contributed by atoms with E-state index in [9.17, 15) is 13.2 Å². The number of carbonyl (C=O) groups excluding carboxylic acids is 1. The Labute approximate surface area is 183 Å². The predicted molar refractivity (Wildman–Crippen MR) is 117 cm³/mol. The maximum absolute atomic E-state index is 13.4. The molecule has 0 spiro atoms. The number of alkyl carbamates (subject to hydrolysis) is 1. The second kappa shape index (κ2) is 8.01. The van der Waals surface area contributed by atoms with Crippen LogP contribution in [0.3, 0.4) is 0 Å². The summed E-state index contributed by atoms with van der Waals surface area (Å²) in [6.45, 7) is 5.22. The molecular weight excluding hydrogens is 480 g/mol. The number of ether oxygens (including phenoxy) is 1. The first-order chi connectivity index (χ1) is 13.5. The largest absolute Gasteiger partial charge is 0.444 e. The second-order valence-corrected chi connectivity index (χ2v) is 10.4.